The number of halogens is 1. The molecule has 1 aliphatic heterocycles. The van der Waals surface area contributed by atoms with Crippen molar-refractivity contribution in [1.82, 2.24) is 10.2 Å². The Morgan fingerprint density at radius 1 is 1.00 bits per heavy atom. The van der Waals surface area contributed by atoms with Crippen LogP contribution >= 0.6 is 11.8 Å². The number of benzene rings is 2. The van der Waals surface area contributed by atoms with E-state index in [2.05, 4.69) is 10.2 Å². The molecule has 3 aromatic rings. The van der Waals surface area contributed by atoms with E-state index in [1.165, 1.54) is 23.9 Å². The van der Waals surface area contributed by atoms with E-state index in [0.717, 1.165) is 11.1 Å². The van der Waals surface area contributed by atoms with Crippen LogP contribution in [0.25, 0.3) is 11.5 Å². The molecular weight excluding hydrogens is 319 g/mol. The molecule has 23 heavy (non-hydrogen) atoms. The molecule has 0 fully saturated rings. The van der Waals surface area contributed by atoms with E-state index in [4.69, 9.17) is 13.9 Å². The number of rotatable bonds is 4. The molecule has 0 radical (unpaired) electrons. The van der Waals surface area contributed by atoms with Gasteiger partial charge in [-0.25, -0.2) is 4.39 Å². The van der Waals surface area contributed by atoms with E-state index in [9.17, 15) is 4.39 Å². The smallest absolute Gasteiger partial charge is 0.277 e. The lowest BCUT2D eigenvalue weighted by Crippen LogP contribution is -1.92. The molecule has 2 heterocycles. The topological polar surface area (TPSA) is 57.4 Å². The minimum absolute atomic E-state index is 0.224. The van der Waals surface area contributed by atoms with Gasteiger partial charge in [0, 0.05) is 11.3 Å². The zero-order valence-corrected chi connectivity index (χ0v) is 12.7. The molecule has 0 bridgehead atoms. The third kappa shape index (κ3) is 3.00. The van der Waals surface area contributed by atoms with Gasteiger partial charge < -0.3 is 13.9 Å². The van der Waals surface area contributed by atoms with Crippen molar-refractivity contribution in [3.8, 4) is 23.0 Å². The summed E-state index contributed by atoms with van der Waals surface area (Å²) < 4.78 is 29.1. The van der Waals surface area contributed by atoms with Crippen LogP contribution in [0.15, 0.2) is 52.1 Å². The van der Waals surface area contributed by atoms with Gasteiger partial charge in [-0.05, 0) is 35.9 Å². The minimum atomic E-state index is -0.248. The fourth-order valence-corrected chi connectivity index (χ4v) is 2.86. The maximum absolute atomic E-state index is 12.9. The van der Waals surface area contributed by atoms with Gasteiger partial charge in [0.2, 0.25) is 12.7 Å². The predicted octanol–water partition coefficient (Wildman–Crippen LogP) is 3.90. The van der Waals surface area contributed by atoms with Crippen molar-refractivity contribution in [3.05, 3.63) is 53.8 Å². The molecule has 2 aromatic carbocycles. The third-order valence-electron chi connectivity index (χ3n) is 3.30. The van der Waals surface area contributed by atoms with Gasteiger partial charge in [-0.2, -0.15) is 0 Å². The summed E-state index contributed by atoms with van der Waals surface area (Å²) >= 11 is 1.40. The fraction of sp³-hybridized carbons (Fsp3) is 0.125. The first kappa shape index (κ1) is 14.1. The van der Waals surface area contributed by atoms with E-state index in [0.29, 0.717) is 28.4 Å². The van der Waals surface area contributed by atoms with Gasteiger partial charge in [0.15, 0.2) is 11.5 Å². The molecule has 0 amide bonds. The summed E-state index contributed by atoms with van der Waals surface area (Å²) in [5.41, 5.74) is 1.76. The first-order valence-corrected chi connectivity index (χ1v) is 7.87. The highest BCUT2D eigenvalue weighted by Crippen LogP contribution is 2.36. The zero-order valence-electron chi connectivity index (χ0n) is 11.9. The van der Waals surface area contributed by atoms with Crippen LogP contribution in [-0.2, 0) is 5.75 Å². The molecule has 0 saturated heterocycles. The fourth-order valence-electron chi connectivity index (χ4n) is 2.14. The van der Waals surface area contributed by atoms with Crippen LogP contribution in [0.3, 0.4) is 0 Å². The molecular formula is C16H11FN2O3S. The van der Waals surface area contributed by atoms with Gasteiger partial charge in [0.25, 0.3) is 5.22 Å². The second-order valence-electron chi connectivity index (χ2n) is 4.86. The van der Waals surface area contributed by atoms with Gasteiger partial charge >= 0.3 is 0 Å². The minimum Gasteiger partial charge on any atom is -0.454 e. The van der Waals surface area contributed by atoms with Crippen LogP contribution in [0.4, 0.5) is 4.39 Å². The summed E-state index contributed by atoms with van der Waals surface area (Å²) in [6.07, 6.45) is 0. The highest BCUT2D eigenvalue weighted by Gasteiger charge is 2.16. The lowest BCUT2D eigenvalue weighted by Gasteiger charge is -1.99. The monoisotopic (exact) mass is 330 g/mol. The van der Waals surface area contributed by atoms with Crippen molar-refractivity contribution < 1.29 is 18.3 Å². The first-order valence-electron chi connectivity index (χ1n) is 6.89. The number of hydrogen-bond donors (Lipinski definition) is 0. The number of ether oxygens (including phenoxy) is 2. The van der Waals surface area contributed by atoms with Crippen LogP contribution < -0.4 is 9.47 Å². The van der Waals surface area contributed by atoms with E-state index in [-0.39, 0.29) is 12.6 Å². The summed E-state index contributed by atoms with van der Waals surface area (Å²) in [6.45, 7) is 0.224. The predicted molar refractivity (Wildman–Crippen MR) is 81.8 cm³/mol. The lowest BCUT2D eigenvalue weighted by atomic mass is 10.2. The largest absolute Gasteiger partial charge is 0.454 e. The molecule has 1 aliphatic rings. The van der Waals surface area contributed by atoms with E-state index in [1.807, 2.05) is 18.2 Å². The number of thioether (sulfide) groups is 1. The Kier molecular flexibility index (Phi) is 3.63. The molecule has 4 rings (SSSR count). The van der Waals surface area contributed by atoms with E-state index < -0.39 is 0 Å². The standard InChI is InChI=1S/C16H11FN2O3S/c17-12-4-1-10(2-5-12)8-23-16-19-18-15(22-16)11-3-6-13-14(7-11)21-9-20-13/h1-7H,8-9H2. The first-order chi connectivity index (χ1) is 11.3. The van der Waals surface area contributed by atoms with Gasteiger partial charge in [-0.15, -0.1) is 10.2 Å². The van der Waals surface area contributed by atoms with Crippen molar-refractivity contribution >= 4 is 11.8 Å². The zero-order chi connectivity index (χ0) is 15.6. The lowest BCUT2D eigenvalue weighted by molar-refractivity contribution is 0.174. The average molecular weight is 330 g/mol. The van der Waals surface area contributed by atoms with E-state index >= 15 is 0 Å². The number of aromatic nitrogens is 2. The molecule has 1 aromatic heterocycles. The molecule has 0 N–H and O–H groups in total. The summed E-state index contributed by atoms with van der Waals surface area (Å²) in [4.78, 5) is 0. The van der Waals surface area contributed by atoms with Crippen molar-refractivity contribution in [2.75, 3.05) is 6.79 Å². The van der Waals surface area contributed by atoms with Crippen molar-refractivity contribution in [2.24, 2.45) is 0 Å². The second-order valence-corrected chi connectivity index (χ2v) is 5.78. The number of fused-ring (bicyclic) bond motifs is 1. The Hall–Kier alpha value is -2.54. The van der Waals surface area contributed by atoms with Gasteiger partial charge in [0.05, 0.1) is 0 Å². The Morgan fingerprint density at radius 3 is 2.70 bits per heavy atom. The Labute approximate surface area is 135 Å². The third-order valence-corrected chi connectivity index (χ3v) is 4.19. The van der Waals surface area contributed by atoms with Gasteiger partial charge in [0.1, 0.15) is 5.82 Å². The number of nitrogens with zero attached hydrogens (tertiary/aromatic N) is 2. The normalized spacial score (nSPS) is 12.6. The van der Waals surface area contributed by atoms with Gasteiger partial charge in [-0.3, -0.25) is 0 Å². The van der Waals surface area contributed by atoms with Crippen molar-refractivity contribution in [3.63, 3.8) is 0 Å². The highest BCUT2D eigenvalue weighted by molar-refractivity contribution is 7.98. The number of hydrogen-bond acceptors (Lipinski definition) is 6. The van der Waals surface area contributed by atoms with Crippen LogP contribution in [0.1, 0.15) is 5.56 Å². The maximum atomic E-state index is 12.9. The second kappa shape index (κ2) is 5.92. The molecule has 0 atom stereocenters. The average Bonchev–Trinajstić information content (AvgIpc) is 3.22. The van der Waals surface area contributed by atoms with Crippen molar-refractivity contribution in [1.29, 1.82) is 0 Å². The summed E-state index contributed by atoms with van der Waals surface area (Å²) in [5, 5.41) is 8.52. The molecule has 5 nitrogen and oxygen atoms in total. The molecule has 0 saturated carbocycles. The molecule has 7 heteroatoms. The molecule has 0 aliphatic carbocycles. The Bertz CT molecular complexity index is 836. The summed E-state index contributed by atoms with van der Waals surface area (Å²) in [6, 6.07) is 11.8. The molecule has 116 valence electrons. The van der Waals surface area contributed by atoms with Crippen LogP contribution in [0.2, 0.25) is 0 Å². The SMILES string of the molecule is Fc1ccc(CSc2nnc(-c3ccc4c(c3)OCO4)o2)cc1. The highest BCUT2D eigenvalue weighted by atomic mass is 32.2. The molecule has 0 unspecified atom stereocenters. The Morgan fingerprint density at radius 2 is 1.83 bits per heavy atom. The van der Waals surface area contributed by atoms with Gasteiger partial charge in [-0.1, -0.05) is 23.9 Å². The Balaban J connectivity index is 1.47. The van der Waals surface area contributed by atoms with Crippen LogP contribution in [-0.4, -0.2) is 17.0 Å². The van der Waals surface area contributed by atoms with E-state index in [1.54, 1.807) is 12.1 Å². The van der Waals surface area contributed by atoms with Crippen LogP contribution in [0.5, 0.6) is 11.5 Å². The summed E-state index contributed by atoms with van der Waals surface area (Å²) in [5.74, 6) is 2.18. The van der Waals surface area contributed by atoms with Crippen LogP contribution in [0, 0.1) is 5.82 Å². The molecule has 0 spiro atoms. The summed E-state index contributed by atoms with van der Waals surface area (Å²) in [7, 11) is 0. The van der Waals surface area contributed by atoms with Crippen molar-refractivity contribution in [2.45, 2.75) is 11.0 Å². The quantitative estimate of drug-likeness (QED) is 0.676. The maximum Gasteiger partial charge on any atom is 0.277 e.